The Balaban J connectivity index is 1.57. The second-order valence-electron chi connectivity index (χ2n) is 7.22. The van der Waals surface area contributed by atoms with E-state index in [1.54, 1.807) is 11.8 Å². The summed E-state index contributed by atoms with van der Waals surface area (Å²) in [5.74, 6) is -0.568. The van der Waals surface area contributed by atoms with Crippen LogP contribution >= 0.6 is 0 Å². The van der Waals surface area contributed by atoms with E-state index in [0.717, 1.165) is 31.0 Å². The summed E-state index contributed by atoms with van der Waals surface area (Å²) in [6.45, 7) is 11.2. The van der Waals surface area contributed by atoms with Gasteiger partial charge in [0, 0.05) is 49.8 Å². The van der Waals surface area contributed by atoms with Gasteiger partial charge in [-0.15, -0.1) is 0 Å². The minimum atomic E-state index is -0.791. The molecule has 1 fully saturated rings. The number of anilines is 1. The zero-order chi connectivity index (χ0) is 20.3. The maximum atomic E-state index is 12.7. The number of hydrogen-bond acceptors (Lipinski definition) is 4. The van der Waals surface area contributed by atoms with E-state index in [1.807, 2.05) is 45.0 Å². The Hall–Kier alpha value is -2.76. The van der Waals surface area contributed by atoms with Crippen LogP contribution in [0, 0.1) is 13.8 Å². The van der Waals surface area contributed by atoms with E-state index in [-0.39, 0.29) is 5.91 Å². The fourth-order valence-electron chi connectivity index (χ4n) is 3.85. The van der Waals surface area contributed by atoms with E-state index in [9.17, 15) is 9.59 Å². The first-order valence-corrected chi connectivity index (χ1v) is 9.88. The molecule has 0 aliphatic carbocycles. The predicted octanol–water partition coefficient (Wildman–Crippen LogP) is 3.02. The molecule has 6 nitrogen and oxygen atoms in total. The summed E-state index contributed by atoms with van der Waals surface area (Å²) in [7, 11) is 0. The molecule has 1 atom stereocenters. The minimum absolute atomic E-state index is 0.134. The monoisotopic (exact) mass is 383 g/mol. The van der Waals surface area contributed by atoms with E-state index >= 15 is 0 Å². The lowest BCUT2D eigenvalue weighted by Gasteiger charge is -2.37. The maximum absolute atomic E-state index is 12.7. The highest BCUT2D eigenvalue weighted by Crippen LogP contribution is 2.19. The lowest BCUT2D eigenvalue weighted by atomic mass is 10.2. The zero-order valence-electron chi connectivity index (χ0n) is 17.1. The Morgan fingerprint density at radius 3 is 2.29 bits per heavy atom. The van der Waals surface area contributed by atoms with Gasteiger partial charge in [-0.3, -0.25) is 4.79 Å². The van der Waals surface area contributed by atoms with Crippen LogP contribution in [0.5, 0.6) is 0 Å². The van der Waals surface area contributed by atoms with Crippen molar-refractivity contribution in [3.05, 3.63) is 53.3 Å². The molecule has 2 aromatic rings. The lowest BCUT2D eigenvalue weighted by Crippen LogP contribution is -2.51. The topological polar surface area (TPSA) is 54.8 Å². The molecule has 150 valence electrons. The third kappa shape index (κ3) is 4.06. The summed E-state index contributed by atoms with van der Waals surface area (Å²) in [6, 6.07) is 12.0. The van der Waals surface area contributed by atoms with Gasteiger partial charge in [-0.1, -0.05) is 18.2 Å². The Morgan fingerprint density at radius 2 is 1.71 bits per heavy atom. The molecule has 0 N–H and O–H groups in total. The predicted molar refractivity (Wildman–Crippen MR) is 110 cm³/mol. The molecule has 1 aromatic heterocycles. The molecular formula is C22H29N3O3. The number of piperazine rings is 1. The van der Waals surface area contributed by atoms with E-state index < -0.39 is 12.1 Å². The average molecular weight is 383 g/mol. The molecule has 1 saturated heterocycles. The largest absolute Gasteiger partial charge is 0.449 e. The summed E-state index contributed by atoms with van der Waals surface area (Å²) in [6.07, 6.45) is -0.791. The fraction of sp³-hybridized carbons (Fsp3) is 0.455. The van der Waals surface area contributed by atoms with Gasteiger partial charge >= 0.3 is 5.97 Å². The number of benzene rings is 1. The molecule has 0 radical (unpaired) electrons. The van der Waals surface area contributed by atoms with Gasteiger partial charge in [0.05, 0.1) is 5.56 Å². The van der Waals surface area contributed by atoms with Crippen molar-refractivity contribution in [1.29, 1.82) is 0 Å². The van der Waals surface area contributed by atoms with Gasteiger partial charge in [0.1, 0.15) is 0 Å². The number of para-hydroxylation sites is 1. The van der Waals surface area contributed by atoms with E-state index in [2.05, 4.69) is 21.6 Å². The van der Waals surface area contributed by atoms with Gasteiger partial charge in [0.15, 0.2) is 6.10 Å². The molecule has 0 bridgehead atoms. The van der Waals surface area contributed by atoms with Crippen LogP contribution in [-0.2, 0) is 16.1 Å². The number of aromatic nitrogens is 1. The van der Waals surface area contributed by atoms with E-state index in [1.165, 1.54) is 5.69 Å². The number of carbonyl (C=O) groups is 2. The fourth-order valence-corrected chi connectivity index (χ4v) is 3.85. The van der Waals surface area contributed by atoms with Gasteiger partial charge in [0.25, 0.3) is 5.91 Å². The molecule has 1 aliphatic rings. The Kier molecular flexibility index (Phi) is 6.07. The van der Waals surface area contributed by atoms with Crippen molar-refractivity contribution in [2.24, 2.45) is 0 Å². The number of carbonyl (C=O) groups excluding carboxylic acids is 2. The zero-order valence-corrected chi connectivity index (χ0v) is 17.1. The van der Waals surface area contributed by atoms with Crippen LogP contribution in [0.3, 0.4) is 0 Å². The van der Waals surface area contributed by atoms with E-state index in [4.69, 9.17) is 4.74 Å². The second-order valence-corrected chi connectivity index (χ2v) is 7.22. The Labute approximate surface area is 166 Å². The number of amides is 1. The van der Waals surface area contributed by atoms with Crippen LogP contribution in [0.2, 0.25) is 0 Å². The quantitative estimate of drug-likeness (QED) is 0.745. The molecule has 1 amide bonds. The highest BCUT2D eigenvalue weighted by molar-refractivity contribution is 5.93. The van der Waals surface area contributed by atoms with Crippen molar-refractivity contribution in [3.63, 3.8) is 0 Å². The molecule has 1 aliphatic heterocycles. The SMILES string of the molecule is CCn1c(C)cc(C(=O)O[C@@H](C)C(=O)N2CCN(c3ccccc3)CC2)c1C. The molecule has 0 spiro atoms. The molecule has 6 heteroatoms. The molecule has 0 saturated carbocycles. The Morgan fingerprint density at radius 1 is 1.07 bits per heavy atom. The number of hydrogen-bond donors (Lipinski definition) is 0. The smallest absolute Gasteiger partial charge is 0.340 e. The van der Waals surface area contributed by atoms with Crippen LogP contribution in [-0.4, -0.2) is 53.6 Å². The van der Waals surface area contributed by atoms with Crippen molar-refractivity contribution in [1.82, 2.24) is 9.47 Å². The third-order valence-corrected chi connectivity index (χ3v) is 5.45. The first-order chi connectivity index (χ1) is 13.4. The van der Waals surface area contributed by atoms with E-state index in [0.29, 0.717) is 18.7 Å². The van der Waals surface area contributed by atoms with Gasteiger partial charge < -0.3 is 19.1 Å². The van der Waals surface area contributed by atoms with Crippen molar-refractivity contribution in [2.45, 2.75) is 40.3 Å². The van der Waals surface area contributed by atoms with Crippen LogP contribution in [0.15, 0.2) is 36.4 Å². The lowest BCUT2D eigenvalue weighted by molar-refractivity contribution is -0.140. The summed E-state index contributed by atoms with van der Waals surface area (Å²) >= 11 is 0. The van der Waals surface area contributed by atoms with Gasteiger partial charge in [0.2, 0.25) is 0 Å². The second kappa shape index (κ2) is 8.50. The maximum Gasteiger partial charge on any atom is 0.340 e. The molecule has 28 heavy (non-hydrogen) atoms. The third-order valence-electron chi connectivity index (χ3n) is 5.45. The van der Waals surface area contributed by atoms with Crippen LogP contribution in [0.4, 0.5) is 5.69 Å². The summed E-state index contributed by atoms with van der Waals surface area (Å²) in [5.41, 5.74) is 3.59. The summed E-state index contributed by atoms with van der Waals surface area (Å²) in [4.78, 5) is 29.4. The summed E-state index contributed by atoms with van der Waals surface area (Å²) in [5, 5.41) is 0. The number of esters is 1. The molecule has 2 heterocycles. The molecule has 3 rings (SSSR count). The van der Waals surface area contributed by atoms with Crippen LogP contribution in [0.25, 0.3) is 0 Å². The van der Waals surface area contributed by atoms with Gasteiger partial charge in [-0.2, -0.15) is 0 Å². The van der Waals surface area contributed by atoms with Gasteiger partial charge in [-0.25, -0.2) is 4.79 Å². The number of ether oxygens (including phenoxy) is 1. The van der Waals surface area contributed by atoms with Crippen molar-refractivity contribution >= 4 is 17.6 Å². The van der Waals surface area contributed by atoms with Crippen molar-refractivity contribution < 1.29 is 14.3 Å². The van der Waals surface area contributed by atoms with Crippen molar-refractivity contribution in [3.8, 4) is 0 Å². The summed E-state index contributed by atoms with van der Waals surface area (Å²) < 4.78 is 7.56. The minimum Gasteiger partial charge on any atom is -0.449 e. The molecule has 1 aromatic carbocycles. The highest BCUT2D eigenvalue weighted by atomic mass is 16.5. The van der Waals surface area contributed by atoms with Crippen LogP contribution in [0.1, 0.15) is 35.6 Å². The van der Waals surface area contributed by atoms with Gasteiger partial charge in [-0.05, 0) is 45.9 Å². The number of aryl methyl sites for hydroxylation is 1. The highest BCUT2D eigenvalue weighted by Gasteiger charge is 2.28. The first-order valence-electron chi connectivity index (χ1n) is 9.88. The molecular weight excluding hydrogens is 354 g/mol. The van der Waals surface area contributed by atoms with Crippen molar-refractivity contribution in [2.75, 3.05) is 31.1 Å². The van der Waals surface area contributed by atoms with Crippen LogP contribution < -0.4 is 4.90 Å². The normalized spacial score (nSPS) is 15.4. The average Bonchev–Trinajstić information content (AvgIpc) is 3.01. The number of rotatable bonds is 5. The first kappa shape index (κ1) is 20.0. The standard InChI is InChI=1S/C22H29N3O3/c1-5-25-16(2)15-20(17(25)3)22(27)28-18(4)21(26)24-13-11-23(12-14-24)19-9-7-6-8-10-19/h6-10,15,18H,5,11-14H2,1-4H3/t18-/m0/s1. The number of nitrogens with zero attached hydrogens (tertiary/aromatic N) is 3. The Bertz CT molecular complexity index is 836. The molecule has 0 unspecified atom stereocenters.